The highest BCUT2D eigenvalue weighted by Gasteiger charge is 2.26. The van der Waals surface area contributed by atoms with Crippen LogP contribution in [0.25, 0.3) is 0 Å². The summed E-state index contributed by atoms with van der Waals surface area (Å²) in [5.41, 5.74) is 3.48. The number of amides is 1. The van der Waals surface area contributed by atoms with E-state index in [1.807, 2.05) is 18.7 Å². The van der Waals surface area contributed by atoms with E-state index in [2.05, 4.69) is 29.6 Å². The molecular formula is C13H23ClN4O. The number of nitrogens with one attached hydrogen (secondary N) is 2. The maximum atomic E-state index is 11.8. The number of carbonyl (C=O) groups is 1. The SMILES string of the molecule is Cc1nn(C)c(C)c1CC(C)NC(=O)C1CNC1.Cl. The minimum atomic E-state index is 0. The van der Waals surface area contributed by atoms with Crippen LogP contribution in [0.15, 0.2) is 0 Å². The minimum Gasteiger partial charge on any atom is -0.353 e. The molecule has 0 bridgehead atoms. The van der Waals surface area contributed by atoms with Crippen molar-refractivity contribution in [3.05, 3.63) is 17.0 Å². The van der Waals surface area contributed by atoms with Crippen LogP contribution < -0.4 is 10.6 Å². The van der Waals surface area contributed by atoms with E-state index in [0.717, 1.165) is 25.2 Å². The van der Waals surface area contributed by atoms with Gasteiger partial charge in [0.15, 0.2) is 0 Å². The summed E-state index contributed by atoms with van der Waals surface area (Å²) in [7, 11) is 1.95. The van der Waals surface area contributed by atoms with Crippen LogP contribution in [-0.4, -0.2) is 34.8 Å². The molecule has 2 rings (SSSR count). The lowest BCUT2D eigenvalue weighted by Gasteiger charge is -2.27. The van der Waals surface area contributed by atoms with Crippen molar-refractivity contribution >= 4 is 18.3 Å². The van der Waals surface area contributed by atoms with Crippen LogP contribution >= 0.6 is 12.4 Å². The van der Waals surface area contributed by atoms with Gasteiger partial charge in [-0.25, -0.2) is 0 Å². The van der Waals surface area contributed by atoms with E-state index in [-0.39, 0.29) is 30.3 Å². The fourth-order valence-electron chi connectivity index (χ4n) is 2.30. The number of halogens is 1. The Labute approximate surface area is 120 Å². The van der Waals surface area contributed by atoms with Crippen LogP contribution in [-0.2, 0) is 18.3 Å². The smallest absolute Gasteiger partial charge is 0.225 e. The molecule has 2 N–H and O–H groups in total. The lowest BCUT2D eigenvalue weighted by atomic mass is 10.0. The third kappa shape index (κ3) is 3.48. The van der Waals surface area contributed by atoms with Crippen molar-refractivity contribution in [1.29, 1.82) is 0 Å². The molecule has 1 unspecified atom stereocenters. The summed E-state index contributed by atoms with van der Waals surface area (Å²) in [4.78, 5) is 11.8. The fraction of sp³-hybridized carbons (Fsp3) is 0.692. The molecule has 1 aliphatic heterocycles. The van der Waals surface area contributed by atoms with Gasteiger partial charge >= 0.3 is 0 Å². The van der Waals surface area contributed by atoms with Crippen molar-refractivity contribution in [2.24, 2.45) is 13.0 Å². The molecule has 1 saturated heterocycles. The zero-order valence-corrected chi connectivity index (χ0v) is 12.8. The first kappa shape index (κ1) is 16.0. The van der Waals surface area contributed by atoms with Gasteiger partial charge in [0.05, 0.1) is 11.6 Å². The van der Waals surface area contributed by atoms with Crippen LogP contribution in [0, 0.1) is 19.8 Å². The van der Waals surface area contributed by atoms with E-state index in [4.69, 9.17) is 0 Å². The Morgan fingerprint density at radius 1 is 1.53 bits per heavy atom. The van der Waals surface area contributed by atoms with Gasteiger partial charge in [-0.2, -0.15) is 5.10 Å². The van der Waals surface area contributed by atoms with Gasteiger partial charge in [-0.15, -0.1) is 12.4 Å². The number of carbonyl (C=O) groups excluding carboxylic acids is 1. The van der Waals surface area contributed by atoms with Gasteiger partial charge in [0, 0.05) is 31.9 Å². The van der Waals surface area contributed by atoms with E-state index >= 15 is 0 Å². The van der Waals surface area contributed by atoms with Gasteiger partial charge in [-0.3, -0.25) is 9.48 Å². The maximum Gasteiger partial charge on any atom is 0.225 e. The van der Waals surface area contributed by atoms with E-state index in [0.29, 0.717) is 0 Å². The van der Waals surface area contributed by atoms with Crippen molar-refractivity contribution < 1.29 is 4.79 Å². The van der Waals surface area contributed by atoms with Crippen molar-refractivity contribution in [3.8, 4) is 0 Å². The molecule has 1 fully saturated rings. The molecule has 5 nitrogen and oxygen atoms in total. The average Bonchev–Trinajstić information content (AvgIpc) is 2.42. The third-order valence-electron chi connectivity index (χ3n) is 3.71. The van der Waals surface area contributed by atoms with Gasteiger partial charge < -0.3 is 10.6 Å². The average molecular weight is 287 g/mol. The molecule has 0 aliphatic carbocycles. The number of rotatable bonds is 4. The summed E-state index contributed by atoms with van der Waals surface area (Å²) < 4.78 is 1.90. The quantitative estimate of drug-likeness (QED) is 0.858. The monoisotopic (exact) mass is 286 g/mol. The van der Waals surface area contributed by atoms with Crippen LogP contribution in [0.2, 0.25) is 0 Å². The molecule has 0 aromatic carbocycles. The molecule has 2 heterocycles. The predicted molar refractivity (Wildman–Crippen MR) is 77.6 cm³/mol. The van der Waals surface area contributed by atoms with Gasteiger partial charge in [0.1, 0.15) is 0 Å². The topological polar surface area (TPSA) is 59.0 Å². The highest BCUT2D eigenvalue weighted by molar-refractivity contribution is 5.85. The number of aryl methyl sites for hydroxylation is 2. The van der Waals surface area contributed by atoms with E-state index in [1.165, 1.54) is 11.3 Å². The molecule has 0 saturated carbocycles. The third-order valence-corrected chi connectivity index (χ3v) is 3.71. The van der Waals surface area contributed by atoms with Crippen LogP contribution in [0.4, 0.5) is 0 Å². The standard InChI is InChI=1S/C13H22N4O.ClH/c1-8(15-13(18)11-6-14-7-11)5-12-9(2)16-17(4)10(12)3;/h8,11,14H,5-7H2,1-4H3,(H,15,18);1H. The summed E-state index contributed by atoms with van der Waals surface area (Å²) in [6.45, 7) is 7.76. The van der Waals surface area contributed by atoms with Crippen molar-refractivity contribution in [2.75, 3.05) is 13.1 Å². The maximum absolute atomic E-state index is 11.8. The Morgan fingerprint density at radius 2 is 2.16 bits per heavy atom. The molecule has 0 radical (unpaired) electrons. The van der Waals surface area contributed by atoms with E-state index in [1.54, 1.807) is 0 Å². The molecule has 108 valence electrons. The van der Waals surface area contributed by atoms with Gasteiger partial charge in [0.2, 0.25) is 5.91 Å². The second-order valence-electron chi connectivity index (χ2n) is 5.24. The number of hydrogen-bond acceptors (Lipinski definition) is 3. The van der Waals surface area contributed by atoms with Crippen molar-refractivity contribution in [1.82, 2.24) is 20.4 Å². The molecule has 1 atom stereocenters. The summed E-state index contributed by atoms with van der Waals surface area (Å²) in [5.74, 6) is 0.323. The van der Waals surface area contributed by atoms with Crippen molar-refractivity contribution in [2.45, 2.75) is 33.2 Å². The summed E-state index contributed by atoms with van der Waals surface area (Å²) in [6, 6.07) is 0.152. The number of nitrogens with zero attached hydrogens (tertiary/aromatic N) is 2. The number of aromatic nitrogens is 2. The van der Waals surface area contributed by atoms with E-state index < -0.39 is 0 Å². The summed E-state index contributed by atoms with van der Waals surface area (Å²) >= 11 is 0. The zero-order chi connectivity index (χ0) is 13.3. The zero-order valence-electron chi connectivity index (χ0n) is 12.0. The Hall–Kier alpha value is -1.07. The summed E-state index contributed by atoms with van der Waals surface area (Å²) in [5, 5.41) is 10.6. The summed E-state index contributed by atoms with van der Waals surface area (Å²) in [6.07, 6.45) is 0.845. The first-order valence-electron chi connectivity index (χ1n) is 6.49. The van der Waals surface area contributed by atoms with Gasteiger partial charge in [0.25, 0.3) is 0 Å². The van der Waals surface area contributed by atoms with Crippen molar-refractivity contribution in [3.63, 3.8) is 0 Å². The van der Waals surface area contributed by atoms with Gasteiger partial charge in [-0.1, -0.05) is 0 Å². The normalized spacial score (nSPS) is 16.4. The minimum absolute atomic E-state index is 0. The number of hydrogen-bond donors (Lipinski definition) is 2. The second-order valence-corrected chi connectivity index (χ2v) is 5.24. The molecule has 1 aliphatic rings. The second kappa shape index (κ2) is 6.39. The molecule has 1 aromatic rings. The highest BCUT2D eigenvalue weighted by atomic mass is 35.5. The first-order chi connectivity index (χ1) is 8.49. The Balaban J connectivity index is 0.00000180. The Morgan fingerprint density at radius 3 is 2.58 bits per heavy atom. The molecule has 1 amide bonds. The molecule has 19 heavy (non-hydrogen) atoms. The predicted octanol–water partition coefficient (Wildman–Crippen LogP) is 0.725. The Kier molecular flexibility index (Phi) is 5.38. The molecular weight excluding hydrogens is 264 g/mol. The lowest BCUT2D eigenvalue weighted by molar-refractivity contribution is -0.127. The Bertz CT molecular complexity index is 454. The fourth-order valence-corrected chi connectivity index (χ4v) is 2.30. The van der Waals surface area contributed by atoms with Crippen LogP contribution in [0.5, 0.6) is 0 Å². The van der Waals surface area contributed by atoms with Crippen LogP contribution in [0.1, 0.15) is 23.9 Å². The molecule has 1 aromatic heterocycles. The highest BCUT2D eigenvalue weighted by Crippen LogP contribution is 2.14. The van der Waals surface area contributed by atoms with E-state index in [9.17, 15) is 4.79 Å². The lowest BCUT2D eigenvalue weighted by Crippen LogP contribution is -2.52. The molecule has 6 heteroatoms. The van der Waals surface area contributed by atoms with Crippen LogP contribution in [0.3, 0.4) is 0 Å². The largest absolute Gasteiger partial charge is 0.353 e. The molecule has 0 spiro atoms. The van der Waals surface area contributed by atoms with Gasteiger partial charge in [-0.05, 0) is 32.8 Å². The first-order valence-corrected chi connectivity index (χ1v) is 6.49.